The lowest BCUT2D eigenvalue weighted by Crippen LogP contribution is -2.24. The summed E-state index contributed by atoms with van der Waals surface area (Å²) in [5, 5.41) is 13.1. The third kappa shape index (κ3) is 4.70. The Bertz CT molecular complexity index is 891. The molecule has 0 unspecified atom stereocenters. The summed E-state index contributed by atoms with van der Waals surface area (Å²) in [6, 6.07) is 23.9. The topological polar surface area (TPSA) is 70.9 Å². The Hall–Kier alpha value is -3.60. The molecule has 3 rings (SSSR count). The van der Waals surface area contributed by atoms with Gasteiger partial charge in [0.15, 0.2) is 6.61 Å². The van der Waals surface area contributed by atoms with Crippen LogP contribution in [0.25, 0.3) is 11.1 Å². The molecule has 0 bridgehead atoms. The Morgan fingerprint density at radius 2 is 1.65 bits per heavy atom. The zero-order valence-corrected chi connectivity index (χ0v) is 14.0. The van der Waals surface area contributed by atoms with Gasteiger partial charge in [0.25, 0.3) is 5.91 Å². The number of hydrogen-bond donors (Lipinski definition) is 2. The van der Waals surface area contributed by atoms with Crippen molar-refractivity contribution in [3.8, 4) is 22.6 Å². The van der Waals surface area contributed by atoms with Crippen molar-refractivity contribution < 1.29 is 14.6 Å². The number of ether oxygens (including phenoxy) is 1. The SMILES string of the molecule is O=C(COc1ccccc1-c1ccccc1)N/N=C\c1ccc(O)cc1. The summed E-state index contributed by atoms with van der Waals surface area (Å²) in [7, 11) is 0. The monoisotopic (exact) mass is 346 g/mol. The van der Waals surface area contributed by atoms with Crippen molar-refractivity contribution in [1.82, 2.24) is 5.43 Å². The van der Waals surface area contributed by atoms with Crippen molar-refractivity contribution in [2.24, 2.45) is 5.10 Å². The minimum absolute atomic E-state index is 0.142. The highest BCUT2D eigenvalue weighted by Gasteiger charge is 2.07. The van der Waals surface area contributed by atoms with Crippen LogP contribution in [0.3, 0.4) is 0 Å². The second kappa shape index (κ2) is 8.48. The van der Waals surface area contributed by atoms with E-state index in [4.69, 9.17) is 4.74 Å². The van der Waals surface area contributed by atoms with E-state index >= 15 is 0 Å². The number of benzene rings is 3. The second-order valence-electron chi connectivity index (χ2n) is 5.54. The Morgan fingerprint density at radius 3 is 2.42 bits per heavy atom. The number of phenolic OH excluding ortho intramolecular Hbond substituents is 1. The number of amides is 1. The van der Waals surface area contributed by atoms with E-state index in [0.29, 0.717) is 5.75 Å². The van der Waals surface area contributed by atoms with Gasteiger partial charge < -0.3 is 9.84 Å². The maximum Gasteiger partial charge on any atom is 0.277 e. The first-order valence-electron chi connectivity index (χ1n) is 8.10. The molecule has 3 aromatic carbocycles. The normalized spacial score (nSPS) is 10.6. The molecule has 0 saturated carbocycles. The van der Waals surface area contributed by atoms with Crippen LogP contribution >= 0.6 is 0 Å². The maximum atomic E-state index is 11.9. The van der Waals surface area contributed by atoms with Gasteiger partial charge in [-0.15, -0.1) is 0 Å². The summed E-state index contributed by atoms with van der Waals surface area (Å²) in [4.78, 5) is 11.9. The Morgan fingerprint density at radius 1 is 0.962 bits per heavy atom. The van der Waals surface area contributed by atoms with Crippen LogP contribution in [0, 0.1) is 0 Å². The van der Waals surface area contributed by atoms with Crippen LogP contribution in [0.2, 0.25) is 0 Å². The molecule has 0 fully saturated rings. The van der Waals surface area contributed by atoms with E-state index in [1.807, 2.05) is 54.6 Å². The molecule has 0 aliphatic heterocycles. The highest BCUT2D eigenvalue weighted by molar-refractivity contribution is 5.83. The number of carbonyl (C=O) groups is 1. The number of hydrazone groups is 1. The largest absolute Gasteiger partial charge is 0.508 e. The zero-order valence-electron chi connectivity index (χ0n) is 14.0. The summed E-state index contributed by atoms with van der Waals surface area (Å²) in [6.07, 6.45) is 1.50. The van der Waals surface area contributed by atoms with Crippen LogP contribution in [-0.2, 0) is 4.79 Å². The predicted octanol–water partition coefficient (Wildman–Crippen LogP) is 3.59. The molecule has 5 nitrogen and oxygen atoms in total. The second-order valence-corrected chi connectivity index (χ2v) is 5.54. The van der Waals surface area contributed by atoms with Gasteiger partial charge in [-0.2, -0.15) is 5.10 Å². The summed E-state index contributed by atoms with van der Waals surface area (Å²) in [6.45, 7) is -0.142. The van der Waals surface area contributed by atoms with E-state index in [0.717, 1.165) is 16.7 Å². The van der Waals surface area contributed by atoms with Crippen molar-refractivity contribution in [3.63, 3.8) is 0 Å². The molecule has 1 amide bonds. The quantitative estimate of drug-likeness (QED) is 0.529. The average Bonchev–Trinajstić information content (AvgIpc) is 2.69. The van der Waals surface area contributed by atoms with Crippen molar-refractivity contribution in [2.75, 3.05) is 6.61 Å². The molecule has 130 valence electrons. The number of phenols is 1. The van der Waals surface area contributed by atoms with Gasteiger partial charge in [0.1, 0.15) is 11.5 Å². The Balaban J connectivity index is 1.57. The van der Waals surface area contributed by atoms with Gasteiger partial charge in [0, 0.05) is 5.56 Å². The van der Waals surface area contributed by atoms with Gasteiger partial charge in [-0.1, -0.05) is 48.5 Å². The molecule has 2 N–H and O–H groups in total. The fourth-order valence-corrected chi connectivity index (χ4v) is 2.36. The number of aromatic hydroxyl groups is 1. The van der Waals surface area contributed by atoms with Crippen LogP contribution in [0.15, 0.2) is 84.0 Å². The number of nitrogens with one attached hydrogen (secondary N) is 1. The average molecular weight is 346 g/mol. The molecule has 0 aromatic heterocycles. The highest BCUT2D eigenvalue weighted by atomic mass is 16.5. The molecule has 0 aliphatic carbocycles. The summed E-state index contributed by atoms with van der Waals surface area (Å²) in [5.41, 5.74) is 5.13. The summed E-state index contributed by atoms with van der Waals surface area (Å²) in [5.74, 6) is 0.455. The molecule has 0 aliphatic rings. The minimum Gasteiger partial charge on any atom is -0.508 e. The van der Waals surface area contributed by atoms with Gasteiger partial charge in [0.05, 0.1) is 6.21 Å². The van der Waals surface area contributed by atoms with E-state index in [1.54, 1.807) is 24.3 Å². The number of para-hydroxylation sites is 1. The van der Waals surface area contributed by atoms with Crippen LogP contribution in [0.5, 0.6) is 11.5 Å². The van der Waals surface area contributed by atoms with Gasteiger partial charge in [-0.25, -0.2) is 5.43 Å². The van der Waals surface area contributed by atoms with E-state index in [2.05, 4.69) is 10.5 Å². The third-order valence-electron chi connectivity index (χ3n) is 3.63. The van der Waals surface area contributed by atoms with Gasteiger partial charge in [-0.3, -0.25) is 4.79 Å². The van der Waals surface area contributed by atoms with Crippen molar-refractivity contribution in [2.45, 2.75) is 0 Å². The van der Waals surface area contributed by atoms with Gasteiger partial charge >= 0.3 is 0 Å². The van der Waals surface area contributed by atoms with E-state index in [-0.39, 0.29) is 18.3 Å². The lowest BCUT2D eigenvalue weighted by atomic mass is 10.1. The first-order chi connectivity index (χ1) is 12.7. The molecule has 0 radical (unpaired) electrons. The number of carbonyl (C=O) groups excluding carboxylic acids is 1. The van der Waals surface area contributed by atoms with Gasteiger partial charge in [-0.05, 0) is 41.5 Å². The summed E-state index contributed by atoms with van der Waals surface area (Å²) < 4.78 is 5.65. The lowest BCUT2D eigenvalue weighted by Gasteiger charge is -2.10. The highest BCUT2D eigenvalue weighted by Crippen LogP contribution is 2.29. The Kier molecular flexibility index (Phi) is 5.62. The third-order valence-corrected chi connectivity index (χ3v) is 3.63. The zero-order chi connectivity index (χ0) is 18.2. The van der Waals surface area contributed by atoms with Gasteiger partial charge in [0.2, 0.25) is 0 Å². The molecular formula is C21H18N2O3. The van der Waals surface area contributed by atoms with E-state index < -0.39 is 0 Å². The fourth-order valence-electron chi connectivity index (χ4n) is 2.36. The van der Waals surface area contributed by atoms with Crippen molar-refractivity contribution in [3.05, 3.63) is 84.4 Å². The molecular weight excluding hydrogens is 328 g/mol. The molecule has 5 heteroatoms. The van der Waals surface area contributed by atoms with Crippen LogP contribution in [-0.4, -0.2) is 23.8 Å². The minimum atomic E-state index is -0.358. The number of rotatable bonds is 6. The van der Waals surface area contributed by atoms with E-state index in [9.17, 15) is 9.90 Å². The first-order valence-corrected chi connectivity index (χ1v) is 8.10. The molecule has 0 spiro atoms. The fraction of sp³-hybridized carbons (Fsp3) is 0.0476. The van der Waals surface area contributed by atoms with E-state index in [1.165, 1.54) is 6.21 Å². The summed E-state index contributed by atoms with van der Waals surface area (Å²) >= 11 is 0. The number of nitrogens with zero attached hydrogens (tertiary/aromatic N) is 1. The molecule has 0 saturated heterocycles. The predicted molar refractivity (Wildman–Crippen MR) is 101 cm³/mol. The lowest BCUT2D eigenvalue weighted by molar-refractivity contribution is -0.123. The number of hydrogen-bond acceptors (Lipinski definition) is 4. The Labute approximate surface area is 151 Å². The standard InChI is InChI=1S/C21H18N2O3/c24-18-12-10-16(11-13-18)14-22-23-21(25)15-26-20-9-5-4-8-19(20)17-6-2-1-3-7-17/h1-14,24H,15H2,(H,23,25)/b22-14-. The molecule has 3 aromatic rings. The maximum absolute atomic E-state index is 11.9. The molecule has 0 heterocycles. The van der Waals surface area contributed by atoms with Crippen LogP contribution in [0.1, 0.15) is 5.56 Å². The van der Waals surface area contributed by atoms with Crippen molar-refractivity contribution in [1.29, 1.82) is 0 Å². The smallest absolute Gasteiger partial charge is 0.277 e. The molecule has 0 atom stereocenters. The van der Waals surface area contributed by atoms with Crippen molar-refractivity contribution >= 4 is 12.1 Å². The van der Waals surface area contributed by atoms with Crippen LogP contribution < -0.4 is 10.2 Å². The van der Waals surface area contributed by atoms with Crippen LogP contribution in [0.4, 0.5) is 0 Å². The molecule has 26 heavy (non-hydrogen) atoms. The first kappa shape index (κ1) is 17.2.